The summed E-state index contributed by atoms with van der Waals surface area (Å²) in [4.78, 5) is 6.37. The Morgan fingerprint density at radius 2 is 1.86 bits per heavy atom. The van der Waals surface area contributed by atoms with E-state index >= 15 is 0 Å². The Balaban J connectivity index is 1.95. The number of hydrogen-bond donors (Lipinski definition) is 0. The first kappa shape index (κ1) is 14.7. The number of piperazine rings is 1. The number of benzene rings is 1. The maximum atomic E-state index is 4.50. The molecule has 2 heterocycles. The third kappa shape index (κ3) is 3.34. The van der Waals surface area contributed by atoms with Crippen LogP contribution in [0.4, 0.5) is 0 Å². The van der Waals surface area contributed by atoms with Crippen molar-refractivity contribution in [1.82, 2.24) is 14.2 Å². The van der Waals surface area contributed by atoms with Gasteiger partial charge in [-0.3, -0.25) is 4.90 Å². The van der Waals surface area contributed by atoms with Crippen LogP contribution in [0.1, 0.15) is 27.7 Å². The van der Waals surface area contributed by atoms with E-state index in [2.05, 4.69) is 65.4 Å². The lowest BCUT2D eigenvalue weighted by molar-refractivity contribution is 0.128. The fourth-order valence-corrected chi connectivity index (χ4v) is 3.90. The highest BCUT2D eigenvalue weighted by Gasteiger charge is 2.26. The summed E-state index contributed by atoms with van der Waals surface area (Å²) in [5.74, 6) is 0. The van der Waals surface area contributed by atoms with Crippen molar-refractivity contribution in [1.29, 1.82) is 0 Å². The standard InChI is InChI=1S/C17H23N3S/c1-13-5-4-6-15(11-13)17(16-12-14(2)18-21-16)20-9-7-19(3)8-10-20/h4-6,11-12,17H,7-10H2,1-3H3. The smallest absolute Gasteiger partial charge is 0.0713 e. The number of rotatable bonds is 3. The monoisotopic (exact) mass is 301 g/mol. The van der Waals surface area contributed by atoms with E-state index in [0.29, 0.717) is 6.04 Å². The highest BCUT2D eigenvalue weighted by molar-refractivity contribution is 7.05. The molecule has 112 valence electrons. The molecule has 21 heavy (non-hydrogen) atoms. The van der Waals surface area contributed by atoms with Gasteiger partial charge in [-0.2, -0.15) is 4.37 Å². The molecule has 3 rings (SSSR count). The first-order valence-electron chi connectivity index (χ1n) is 7.56. The van der Waals surface area contributed by atoms with Crippen molar-refractivity contribution >= 4 is 11.5 Å². The molecule has 1 fully saturated rings. The first-order chi connectivity index (χ1) is 10.1. The van der Waals surface area contributed by atoms with Crippen LogP contribution in [-0.2, 0) is 0 Å². The van der Waals surface area contributed by atoms with E-state index in [1.54, 1.807) is 11.5 Å². The van der Waals surface area contributed by atoms with Crippen molar-refractivity contribution in [3.05, 3.63) is 52.0 Å². The zero-order valence-corrected chi connectivity index (χ0v) is 13.9. The van der Waals surface area contributed by atoms with Crippen LogP contribution in [0.15, 0.2) is 30.3 Å². The van der Waals surface area contributed by atoms with E-state index in [0.717, 1.165) is 31.9 Å². The zero-order valence-electron chi connectivity index (χ0n) is 13.0. The summed E-state index contributed by atoms with van der Waals surface area (Å²) in [6.45, 7) is 8.76. The van der Waals surface area contributed by atoms with Gasteiger partial charge in [0, 0.05) is 31.1 Å². The van der Waals surface area contributed by atoms with Crippen molar-refractivity contribution in [2.24, 2.45) is 0 Å². The Morgan fingerprint density at radius 3 is 2.48 bits per heavy atom. The average molecular weight is 301 g/mol. The summed E-state index contributed by atoms with van der Waals surface area (Å²) >= 11 is 1.65. The van der Waals surface area contributed by atoms with Gasteiger partial charge >= 0.3 is 0 Å². The Labute approximate surface area is 131 Å². The van der Waals surface area contributed by atoms with Crippen LogP contribution >= 0.6 is 11.5 Å². The third-order valence-corrected chi connectivity index (χ3v) is 5.11. The van der Waals surface area contributed by atoms with E-state index in [4.69, 9.17) is 0 Å². The van der Waals surface area contributed by atoms with Crippen LogP contribution in [0.2, 0.25) is 0 Å². The molecule has 1 unspecified atom stereocenters. The van der Waals surface area contributed by atoms with Crippen molar-refractivity contribution in [2.45, 2.75) is 19.9 Å². The van der Waals surface area contributed by atoms with Crippen molar-refractivity contribution in [3.63, 3.8) is 0 Å². The fourth-order valence-electron chi connectivity index (χ4n) is 2.99. The molecular formula is C17H23N3S. The van der Waals surface area contributed by atoms with Crippen molar-refractivity contribution < 1.29 is 0 Å². The molecule has 0 saturated carbocycles. The molecule has 0 amide bonds. The molecule has 1 aromatic carbocycles. The maximum Gasteiger partial charge on any atom is 0.0713 e. The van der Waals surface area contributed by atoms with E-state index < -0.39 is 0 Å². The summed E-state index contributed by atoms with van der Waals surface area (Å²) in [5.41, 5.74) is 3.85. The number of nitrogens with zero attached hydrogens (tertiary/aromatic N) is 3. The second-order valence-electron chi connectivity index (χ2n) is 6.03. The van der Waals surface area contributed by atoms with Gasteiger partial charge in [0.15, 0.2) is 0 Å². The van der Waals surface area contributed by atoms with E-state index in [1.165, 1.54) is 16.0 Å². The molecule has 4 heteroatoms. The van der Waals surface area contributed by atoms with E-state index in [9.17, 15) is 0 Å². The number of hydrogen-bond acceptors (Lipinski definition) is 4. The third-order valence-electron chi connectivity index (χ3n) is 4.18. The SMILES string of the molecule is Cc1cccc(C(c2cc(C)ns2)N2CCN(C)CC2)c1. The second-order valence-corrected chi connectivity index (χ2v) is 6.86. The lowest BCUT2D eigenvalue weighted by Gasteiger charge is -2.37. The normalized spacial score (nSPS) is 18.8. The Bertz CT molecular complexity index is 600. The van der Waals surface area contributed by atoms with Crippen LogP contribution in [0, 0.1) is 13.8 Å². The minimum absolute atomic E-state index is 0.352. The fraction of sp³-hybridized carbons (Fsp3) is 0.471. The number of likely N-dealkylation sites (N-methyl/N-ethyl adjacent to an activating group) is 1. The quantitative estimate of drug-likeness (QED) is 0.868. The van der Waals surface area contributed by atoms with Crippen LogP contribution in [-0.4, -0.2) is 47.4 Å². The lowest BCUT2D eigenvalue weighted by atomic mass is 10.0. The molecule has 1 aliphatic heterocycles. The molecule has 1 atom stereocenters. The highest BCUT2D eigenvalue weighted by Crippen LogP contribution is 2.32. The largest absolute Gasteiger partial charge is 0.304 e. The summed E-state index contributed by atoms with van der Waals surface area (Å²) in [7, 11) is 2.20. The topological polar surface area (TPSA) is 19.4 Å². The van der Waals surface area contributed by atoms with Crippen LogP contribution < -0.4 is 0 Å². The van der Waals surface area contributed by atoms with Crippen molar-refractivity contribution in [2.75, 3.05) is 33.2 Å². The Hall–Kier alpha value is -1.23. The van der Waals surface area contributed by atoms with Gasteiger partial charge in [0.05, 0.1) is 11.7 Å². The van der Waals surface area contributed by atoms with Crippen molar-refractivity contribution in [3.8, 4) is 0 Å². The molecule has 0 bridgehead atoms. The second kappa shape index (κ2) is 6.26. The van der Waals surface area contributed by atoms with Gasteiger partial charge in [-0.1, -0.05) is 29.8 Å². The minimum atomic E-state index is 0.352. The van der Waals surface area contributed by atoms with Gasteiger partial charge < -0.3 is 4.90 Å². The predicted molar refractivity (Wildman–Crippen MR) is 88.9 cm³/mol. The molecule has 0 aliphatic carbocycles. The Morgan fingerprint density at radius 1 is 1.10 bits per heavy atom. The van der Waals surface area contributed by atoms with Crippen LogP contribution in [0.5, 0.6) is 0 Å². The van der Waals surface area contributed by atoms with Gasteiger partial charge in [0.1, 0.15) is 0 Å². The maximum absolute atomic E-state index is 4.50. The molecule has 0 spiro atoms. The molecule has 1 aliphatic rings. The van der Waals surface area contributed by atoms with Gasteiger partial charge in [0.25, 0.3) is 0 Å². The molecule has 1 saturated heterocycles. The highest BCUT2D eigenvalue weighted by atomic mass is 32.1. The predicted octanol–water partition coefficient (Wildman–Crippen LogP) is 3.10. The lowest BCUT2D eigenvalue weighted by Crippen LogP contribution is -2.46. The van der Waals surface area contributed by atoms with Gasteiger partial charge in [0.2, 0.25) is 0 Å². The molecule has 0 N–H and O–H groups in total. The number of aromatic nitrogens is 1. The molecule has 1 aromatic heterocycles. The van der Waals surface area contributed by atoms with Crippen LogP contribution in [0.3, 0.4) is 0 Å². The zero-order chi connectivity index (χ0) is 14.8. The summed E-state index contributed by atoms with van der Waals surface area (Å²) in [6, 6.07) is 11.5. The average Bonchev–Trinajstić information content (AvgIpc) is 2.88. The van der Waals surface area contributed by atoms with Crippen LogP contribution in [0.25, 0.3) is 0 Å². The molecule has 2 aromatic rings. The van der Waals surface area contributed by atoms with Gasteiger partial charge in [-0.15, -0.1) is 0 Å². The summed E-state index contributed by atoms with van der Waals surface area (Å²) < 4.78 is 4.50. The summed E-state index contributed by atoms with van der Waals surface area (Å²) in [5, 5.41) is 0. The van der Waals surface area contributed by atoms with Gasteiger partial charge in [-0.05, 0) is 44.1 Å². The molecule has 0 radical (unpaired) electrons. The van der Waals surface area contributed by atoms with E-state index in [-0.39, 0.29) is 0 Å². The summed E-state index contributed by atoms with van der Waals surface area (Å²) in [6.07, 6.45) is 0. The van der Waals surface area contributed by atoms with Gasteiger partial charge in [-0.25, -0.2) is 0 Å². The first-order valence-corrected chi connectivity index (χ1v) is 8.33. The Kier molecular flexibility index (Phi) is 4.38. The van der Waals surface area contributed by atoms with E-state index in [1.807, 2.05) is 0 Å². The molecular weight excluding hydrogens is 278 g/mol. The number of aryl methyl sites for hydroxylation is 2. The minimum Gasteiger partial charge on any atom is -0.304 e. The molecule has 3 nitrogen and oxygen atoms in total.